The second-order valence-corrected chi connectivity index (χ2v) is 4.98. The zero-order valence-electron chi connectivity index (χ0n) is 9.35. The molecule has 0 saturated carbocycles. The standard InChI is InChI=1S/C12H11ClN2O2S/c13-9-2-1-3-10(6-9)18-7-8-4-5-17-11(8)12(16)15-14/h1-6H,7,14H2,(H,15,16). The van der Waals surface area contributed by atoms with E-state index in [1.807, 2.05) is 24.3 Å². The minimum absolute atomic E-state index is 0.243. The summed E-state index contributed by atoms with van der Waals surface area (Å²) in [5.41, 5.74) is 2.85. The van der Waals surface area contributed by atoms with Crippen molar-refractivity contribution in [2.75, 3.05) is 0 Å². The lowest BCUT2D eigenvalue weighted by molar-refractivity contribution is 0.0925. The van der Waals surface area contributed by atoms with Crippen LogP contribution in [0.5, 0.6) is 0 Å². The molecule has 18 heavy (non-hydrogen) atoms. The highest BCUT2D eigenvalue weighted by Gasteiger charge is 2.14. The minimum Gasteiger partial charge on any atom is -0.459 e. The molecule has 2 rings (SSSR count). The van der Waals surface area contributed by atoms with Gasteiger partial charge in [-0.25, -0.2) is 5.84 Å². The molecule has 0 bridgehead atoms. The van der Waals surface area contributed by atoms with Crippen molar-refractivity contribution in [2.24, 2.45) is 5.84 Å². The molecule has 0 unspecified atom stereocenters. The van der Waals surface area contributed by atoms with E-state index >= 15 is 0 Å². The van der Waals surface area contributed by atoms with Crippen molar-refractivity contribution in [2.45, 2.75) is 10.6 Å². The highest BCUT2D eigenvalue weighted by molar-refractivity contribution is 7.98. The van der Waals surface area contributed by atoms with Gasteiger partial charge in [0.1, 0.15) is 0 Å². The summed E-state index contributed by atoms with van der Waals surface area (Å²) in [7, 11) is 0. The average molecular weight is 283 g/mol. The quantitative estimate of drug-likeness (QED) is 0.392. The molecule has 1 aromatic heterocycles. The Morgan fingerprint density at radius 3 is 3.00 bits per heavy atom. The molecule has 0 fully saturated rings. The number of benzene rings is 1. The smallest absolute Gasteiger partial charge is 0.301 e. The van der Waals surface area contributed by atoms with Gasteiger partial charge in [0.05, 0.1) is 6.26 Å². The van der Waals surface area contributed by atoms with Gasteiger partial charge >= 0.3 is 5.91 Å². The number of hydrazine groups is 1. The van der Waals surface area contributed by atoms with Crippen LogP contribution in [0.4, 0.5) is 0 Å². The first kappa shape index (κ1) is 13.0. The van der Waals surface area contributed by atoms with Gasteiger partial charge < -0.3 is 4.42 Å². The highest BCUT2D eigenvalue weighted by atomic mass is 35.5. The molecule has 1 aromatic carbocycles. The van der Waals surface area contributed by atoms with Crippen LogP contribution in [0.25, 0.3) is 0 Å². The fourth-order valence-electron chi connectivity index (χ4n) is 1.43. The normalized spacial score (nSPS) is 10.3. The maximum Gasteiger partial charge on any atom is 0.301 e. The molecule has 1 amide bonds. The minimum atomic E-state index is -0.429. The number of amides is 1. The molecule has 0 saturated heterocycles. The number of halogens is 1. The van der Waals surface area contributed by atoms with Gasteiger partial charge in [0.25, 0.3) is 0 Å². The maximum atomic E-state index is 11.4. The first-order chi connectivity index (χ1) is 8.70. The average Bonchev–Trinajstić information content (AvgIpc) is 2.84. The Bertz CT molecular complexity index is 557. The highest BCUT2D eigenvalue weighted by Crippen LogP contribution is 2.26. The molecule has 0 aliphatic carbocycles. The first-order valence-electron chi connectivity index (χ1n) is 5.16. The molecule has 0 aliphatic heterocycles. The fraction of sp³-hybridized carbons (Fsp3) is 0.0833. The van der Waals surface area contributed by atoms with Crippen molar-refractivity contribution in [1.29, 1.82) is 0 Å². The molecule has 4 nitrogen and oxygen atoms in total. The summed E-state index contributed by atoms with van der Waals surface area (Å²) in [6.07, 6.45) is 1.47. The largest absolute Gasteiger partial charge is 0.459 e. The van der Waals surface area contributed by atoms with Crippen LogP contribution in [0.2, 0.25) is 5.02 Å². The molecular formula is C12H11ClN2O2S. The zero-order valence-corrected chi connectivity index (χ0v) is 10.9. The van der Waals surface area contributed by atoms with Crippen LogP contribution in [0, 0.1) is 0 Å². The van der Waals surface area contributed by atoms with Crippen LogP contribution in [0.15, 0.2) is 45.9 Å². The third kappa shape index (κ3) is 3.07. The van der Waals surface area contributed by atoms with Gasteiger partial charge in [-0.1, -0.05) is 17.7 Å². The predicted octanol–water partition coefficient (Wildman–Crippen LogP) is 2.83. The molecule has 1 heterocycles. The molecule has 94 valence electrons. The van der Waals surface area contributed by atoms with E-state index in [-0.39, 0.29) is 5.76 Å². The number of furan rings is 1. The topological polar surface area (TPSA) is 68.3 Å². The van der Waals surface area contributed by atoms with Crippen molar-refractivity contribution in [3.05, 3.63) is 52.9 Å². The lowest BCUT2D eigenvalue weighted by atomic mass is 10.3. The summed E-state index contributed by atoms with van der Waals surface area (Å²) in [5, 5.41) is 0.687. The van der Waals surface area contributed by atoms with Gasteiger partial charge in [0.2, 0.25) is 0 Å². The number of nitrogen functional groups attached to an aromatic ring is 1. The number of nitrogens with two attached hydrogens (primary N) is 1. The number of hydrogen-bond donors (Lipinski definition) is 2. The second kappa shape index (κ2) is 5.95. The van der Waals surface area contributed by atoms with Crippen molar-refractivity contribution in [1.82, 2.24) is 5.43 Å². The lowest BCUT2D eigenvalue weighted by Gasteiger charge is -2.02. The summed E-state index contributed by atoms with van der Waals surface area (Å²) < 4.78 is 5.10. The van der Waals surface area contributed by atoms with Crippen LogP contribution in [0.1, 0.15) is 16.1 Å². The molecule has 6 heteroatoms. The summed E-state index contributed by atoms with van der Waals surface area (Å²) in [6, 6.07) is 9.28. The molecule has 0 radical (unpaired) electrons. The van der Waals surface area contributed by atoms with Crippen LogP contribution >= 0.6 is 23.4 Å². The van der Waals surface area contributed by atoms with Crippen molar-refractivity contribution < 1.29 is 9.21 Å². The molecule has 0 atom stereocenters. The van der Waals surface area contributed by atoms with Crippen molar-refractivity contribution >= 4 is 29.3 Å². The number of nitrogens with one attached hydrogen (secondary N) is 1. The molecule has 0 aliphatic rings. The van der Waals surface area contributed by atoms with Gasteiger partial charge in [-0.2, -0.15) is 0 Å². The first-order valence-corrected chi connectivity index (χ1v) is 6.52. The van der Waals surface area contributed by atoms with Gasteiger partial charge in [-0.3, -0.25) is 10.2 Å². The third-order valence-corrected chi connectivity index (χ3v) is 3.55. The summed E-state index contributed by atoms with van der Waals surface area (Å²) >= 11 is 7.47. The Hall–Kier alpha value is -1.43. The van der Waals surface area contributed by atoms with Crippen LogP contribution in [-0.4, -0.2) is 5.91 Å². The Kier molecular flexibility index (Phi) is 4.30. The van der Waals surface area contributed by atoms with Crippen LogP contribution in [-0.2, 0) is 5.75 Å². The van der Waals surface area contributed by atoms with Crippen molar-refractivity contribution in [3.63, 3.8) is 0 Å². The van der Waals surface area contributed by atoms with E-state index < -0.39 is 5.91 Å². The van der Waals surface area contributed by atoms with Gasteiger partial charge in [-0.05, 0) is 24.3 Å². The molecule has 3 N–H and O–H groups in total. The monoisotopic (exact) mass is 282 g/mol. The van der Waals surface area contributed by atoms with E-state index in [4.69, 9.17) is 21.9 Å². The zero-order chi connectivity index (χ0) is 13.0. The van der Waals surface area contributed by atoms with E-state index in [1.165, 1.54) is 6.26 Å². The van der Waals surface area contributed by atoms with Gasteiger partial charge in [0.15, 0.2) is 5.76 Å². The van der Waals surface area contributed by atoms with Crippen LogP contribution in [0.3, 0.4) is 0 Å². The van der Waals surface area contributed by atoms with E-state index in [9.17, 15) is 4.79 Å². The number of hydrogen-bond acceptors (Lipinski definition) is 4. The summed E-state index contributed by atoms with van der Waals surface area (Å²) in [6.45, 7) is 0. The van der Waals surface area contributed by atoms with E-state index in [1.54, 1.807) is 17.8 Å². The SMILES string of the molecule is NNC(=O)c1occc1CSc1cccc(Cl)c1. The predicted molar refractivity (Wildman–Crippen MR) is 71.4 cm³/mol. The Balaban J connectivity index is 2.07. The molecule has 0 spiro atoms. The third-order valence-electron chi connectivity index (χ3n) is 2.27. The summed E-state index contributed by atoms with van der Waals surface area (Å²) in [4.78, 5) is 12.4. The lowest BCUT2D eigenvalue weighted by Crippen LogP contribution is -2.30. The van der Waals surface area contributed by atoms with Crippen LogP contribution < -0.4 is 11.3 Å². The van der Waals surface area contributed by atoms with Crippen molar-refractivity contribution in [3.8, 4) is 0 Å². The van der Waals surface area contributed by atoms with Gasteiger partial charge in [-0.15, -0.1) is 11.8 Å². The van der Waals surface area contributed by atoms with E-state index in [0.717, 1.165) is 10.5 Å². The Labute approximate surface area is 113 Å². The molecular weight excluding hydrogens is 272 g/mol. The van der Waals surface area contributed by atoms with E-state index in [0.29, 0.717) is 10.8 Å². The number of rotatable bonds is 4. The Morgan fingerprint density at radius 2 is 2.28 bits per heavy atom. The fourth-order valence-corrected chi connectivity index (χ4v) is 2.62. The number of carbonyl (C=O) groups is 1. The number of thioether (sulfide) groups is 1. The molecule has 2 aromatic rings. The van der Waals surface area contributed by atoms with Gasteiger partial charge in [0, 0.05) is 21.2 Å². The second-order valence-electron chi connectivity index (χ2n) is 3.49. The maximum absolute atomic E-state index is 11.4. The number of carbonyl (C=O) groups excluding carboxylic acids is 1. The Morgan fingerprint density at radius 1 is 1.44 bits per heavy atom. The summed E-state index contributed by atoms with van der Waals surface area (Å²) in [5.74, 6) is 5.50. The van der Waals surface area contributed by atoms with E-state index in [2.05, 4.69) is 5.43 Å².